The Hall–Kier alpha value is -1.18. The lowest BCUT2D eigenvalue weighted by molar-refractivity contribution is 0.414. The normalized spacial score (nSPS) is 9.60. The highest BCUT2D eigenvalue weighted by Gasteiger charge is 1.89. The Balaban J connectivity index is 3.70. The number of nitrogens with zero attached hydrogens (tertiary/aromatic N) is 1. The van der Waals surface area contributed by atoms with Crippen molar-refractivity contribution in [1.29, 1.82) is 0 Å². The van der Waals surface area contributed by atoms with Crippen LogP contribution in [0.25, 0.3) is 0 Å². The van der Waals surface area contributed by atoms with E-state index in [1.165, 1.54) is 0 Å². The van der Waals surface area contributed by atoms with Gasteiger partial charge < -0.3 is 10.0 Å². The van der Waals surface area contributed by atoms with E-state index in [-0.39, 0.29) is 0 Å². The van der Waals surface area contributed by atoms with Crippen LogP contribution in [-0.2, 0) is 0 Å². The molecule has 0 amide bonds. The van der Waals surface area contributed by atoms with E-state index in [0.717, 1.165) is 19.4 Å². The second-order valence-electron chi connectivity index (χ2n) is 1.83. The molecule has 0 saturated carbocycles. The van der Waals surface area contributed by atoms with Gasteiger partial charge in [0.05, 0.1) is 6.26 Å². The lowest BCUT2D eigenvalue weighted by Gasteiger charge is -2.14. The van der Waals surface area contributed by atoms with E-state index in [1.807, 2.05) is 4.90 Å². The molecule has 0 saturated heterocycles. The molecule has 0 aliphatic carbocycles. The minimum atomic E-state index is 0.725. The third-order valence-electron chi connectivity index (χ3n) is 1.00. The van der Waals surface area contributed by atoms with Crippen molar-refractivity contribution >= 4 is 0 Å². The van der Waals surface area contributed by atoms with Gasteiger partial charge in [-0.25, -0.2) is 0 Å². The van der Waals surface area contributed by atoms with Gasteiger partial charge in [-0.3, -0.25) is 0 Å². The van der Waals surface area contributed by atoms with Crippen LogP contribution in [0.1, 0.15) is 0 Å². The molecule has 0 radical (unpaired) electrons. The van der Waals surface area contributed by atoms with Crippen molar-refractivity contribution in [3.05, 3.63) is 37.8 Å². The van der Waals surface area contributed by atoms with E-state index in [0.29, 0.717) is 0 Å². The van der Waals surface area contributed by atoms with Crippen LogP contribution in [-0.4, -0.2) is 23.1 Å². The SMILES string of the molecule is C=CCN(C=CO)CC=C. The summed E-state index contributed by atoms with van der Waals surface area (Å²) in [6.45, 7) is 8.60. The maximum absolute atomic E-state index is 8.40. The largest absolute Gasteiger partial charge is 0.514 e. The molecule has 0 aromatic heterocycles. The minimum absolute atomic E-state index is 0.725. The third kappa shape index (κ3) is 3.78. The molecule has 2 nitrogen and oxygen atoms in total. The van der Waals surface area contributed by atoms with E-state index in [1.54, 1.807) is 18.4 Å². The molecule has 10 heavy (non-hydrogen) atoms. The summed E-state index contributed by atoms with van der Waals surface area (Å²) in [5.41, 5.74) is 0. The van der Waals surface area contributed by atoms with Crippen LogP contribution in [0.4, 0.5) is 0 Å². The standard InChI is InChI=1S/C8H13NO/c1-3-5-9(6-4-2)7-8-10/h3-4,7-8,10H,1-2,5-6H2. The molecule has 0 unspecified atom stereocenters. The predicted octanol–water partition coefficient (Wildman–Crippen LogP) is 1.69. The summed E-state index contributed by atoms with van der Waals surface area (Å²) >= 11 is 0. The number of hydrogen-bond donors (Lipinski definition) is 1. The van der Waals surface area contributed by atoms with Crippen molar-refractivity contribution in [3.8, 4) is 0 Å². The van der Waals surface area contributed by atoms with Gasteiger partial charge in [0.25, 0.3) is 0 Å². The summed E-state index contributed by atoms with van der Waals surface area (Å²) in [7, 11) is 0. The number of aliphatic hydroxyl groups is 1. The smallest absolute Gasteiger partial charge is 0.0950 e. The molecule has 0 aliphatic heterocycles. The second-order valence-corrected chi connectivity index (χ2v) is 1.83. The fourth-order valence-corrected chi connectivity index (χ4v) is 0.622. The van der Waals surface area contributed by atoms with Crippen molar-refractivity contribution in [2.24, 2.45) is 0 Å². The molecule has 0 fully saturated rings. The van der Waals surface area contributed by atoms with E-state index >= 15 is 0 Å². The average Bonchev–Trinajstić information content (AvgIpc) is 1.90. The lowest BCUT2D eigenvalue weighted by atomic mass is 10.5. The molecular formula is C8H13NO. The zero-order chi connectivity index (χ0) is 7.82. The fourth-order valence-electron chi connectivity index (χ4n) is 0.622. The average molecular weight is 139 g/mol. The molecule has 0 aliphatic rings. The first-order chi connectivity index (χ1) is 4.85. The first-order valence-corrected chi connectivity index (χ1v) is 3.12. The Morgan fingerprint density at radius 1 is 1.20 bits per heavy atom. The summed E-state index contributed by atoms with van der Waals surface area (Å²) in [4.78, 5) is 1.88. The van der Waals surface area contributed by atoms with Gasteiger partial charge >= 0.3 is 0 Å². The highest BCUT2D eigenvalue weighted by Crippen LogP contribution is 1.88. The van der Waals surface area contributed by atoms with Gasteiger partial charge in [0.15, 0.2) is 0 Å². The van der Waals surface area contributed by atoms with E-state index < -0.39 is 0 Å². The van der Waals surface area contributed by atoms with Gasteiger partial charge in [-0.15, -0.1) is 13.2 Å². The maximum Gasteiger partial charge on any atom is 0.0950 e. The van der Waals surface area contributed by atoms with Crippen LogP contribution in [0.5, 0.6) is 0 Å². The lowest BCUT2D eigenvalue weighted by Crippen LogP contribution is -2.16. The molecule has 56 valence electrons. The Morgan fingerprint density at radius 2 is 1.70 bits per heavy atom. The van der Waals surface area contributed by atoms with Crippen LogP contribution in [0.15, 0.2) is 37.8 Å². The number of aliphatic hydroxyl groups excluding tert-OH is 1. The van der Waals surface area contributed by atoms with Gasteiger partial charge in [0, 0.05) is 19.3 Å². The number of hydrogen-bond acceptors (Lipinski definition) is 2. The topological polar surface area (TPSA) is 23.5 Å². The molecule has 1 N–H and O–H groups in total. The summed E-state index contributed by atoms with van der Waals surface area (Å²) in [6, 6.07) is 0. The monoisotopic (exact) mass is 139 g/mol. The van der Waals surface area contributed by atoms with E-state index in [4.69, 9.17) is 5.11 Å². The van der Waals surface area contributed by atoms with Crippen molar-refractivity contribution in [2.45, 2.75) is 0 Å². The number of rotatable bonds is 5. The van der Waals surface area contributed by atoms with Crippen LogP contribution in [0.2, 0.25) is 0 Å². The molecule has 2 heteroatoms. The third-order valence-corrected chi connectivity index (χ3v) is 1.00. The molecule has 0 atom stereocenters. The van der Waals surface area contributed by atoms with Gasteiger partial charge in [0.1, 0.15) is 0 Å². The molecule has 0 aromatic rings. The van der Waals surface area contributed by atoms with Crippen LogP contribution < -0.4 is 0 Å². The summed E-state index contributed by atoms with van der Waals surface area (Å²) in [6.07, 6.45) is 6.13. The summed E-state index contributed by atoms with van der Waals surface area (Å²) in [5.74, 6) is 0. The molecule has 0 spiro atoms. The Labute approximate surface area is 61.8 Å². The molecule has 0 bridgehead atoms. The van der Waals surface area contributed by atoms with Crippen molar-refractivity contribution in [2.75, 3.05) is 13.1 Å². The fraction of sp³-hybridized carbons (Fsp3) is 0.250. The predicted molar refractivity (Wildman–Crippen MR) is 43.7 cm³/mol. The van der Waals surface area contributed by atoms with E-state index in [9.17, 15) is 0 Å². The Bertz CT molecular complexity index is 119. The Kier molecular flexibility index (Phi) is 5.25. The molecular weight excluding hydrogens is 126 g/mol. The van der Waals surface area contributed by atoms with Crippen LogP contribution in [0, 0.1) is 0 Å². The van der Waals surface area contributed by atoms with Gasteiger partial charge in [-0.05, 0) is 0 Å². The quantitative estimate of drug-likeness (QED) is 0.463. The van der Waals surface area contributed by atoms with Crippen LogP contribution in [0.3, 0.4) is 0 Å². The second kappa shape index (κ2) is 5.95. The molecule has 0 aromatic carbocycles. The van der Waals surface area contributed by atoms with Crippen molar-refractivity contribution < 1.29 is 5.11 Å². The van der Waals surface area contributed by atoms with Crippen molar-refractivity contribution in [1.82, 2.24) is 4.90 Å². The molecule has 0 rings (SSSR count). The van der Waals surface area contributed by atoms with Gasteiger partial charge in [-0.1, -0.05) is 12.2 Å². The summed E-state index contributed by atoms with van der Waals surface area (Å²) < 4.78 is 0. The Morgan fingerprint density at radius 3 is 2.00 bits per heavy atom. The molecule has 0 heterocycles. The van der Waals surface area contributed by atoms with Gasteiger partial charge in [-0.2, -0.15) is 0 Å². The zero-order valence-electron chi connectivity index (χ0n) is 6.03. The first kappa shape index (κ1) is 8.82. The van der Waals surface area contributed by atoms with E-state index in [2.05, 4.69) is 13.2 Å². The zero-order valence-corrected chi connectivity index (χ0v) is 6.03. The first-order valence-electron chi connectivity index (χ1n) is 3.12. The minimum Gasteiger partial charge on any atom is -0.514 e. The maximum atomic E-state index is 8.40. The summed E-state index contributed by atoms with van der Waals surface area (Å²) in [5, 5.41) is 8.40. The highest BCUT2D eigenvalue weighted by atomic mass is 16.2. The van der Waals surface area contributed by atoms with Crippen LogP contribution >= 0.6 is 0 Å². The van der Waals surface area contributed by atoms with Gasteiger partial charge in [0.2, 0.25) is 0 Å². The highest BCUT2D eigenvalue weighted by molar-refractivity contribution is 4.86. The van der Waals surface area contributed by atoms with Crippen molar-refractivity contribution in [3.63, 3.8) is 0 Å².